The van der Waals surface area contributed by atoms with E-state index in [1.807, 2.05) is 25.1 Å². The predicted molar refractivity (Wildman–Crippen MR) is 104 cm³/mol. The Morgan fingerprint density at radius 1 is 1.12 bits per heavy atom. The summed E-state index contributed by atoms with van der Waals surface area (Å²) >= 11 is 0. The van der Waals surface area contributed by atoms with Crippen molar-refractivity contribution in [3.8, 4) is 0 Å². The molecule has 0 saturated heterocycles. The van der Waals surface area contributed by atoms with Crippen molar-refractivity contribution in [1.29, 1.82) is 0 Å². The second-order valence-corrected chi connectivity index (χ2v) is 7.96. The Balaban J connectivity index is 0.00000243. The first-order chi connectivity index (χ1) is 11.8. The molecule has 0 spiro atoms. The number of aryl methyl sites for hydroxylation is 1. The van der Waals surface area contributed by atoms with Gasteiger partial charge in [0.25, 0.3) is 0 Å². The minimum Gasteiger partial charge on any atom is -0.326 e. The van der Waals surface area contributed by atoms with Gasteiger partial charge in [-0.15, -0.1) is 12.4 Å². The number of halogens is 1. The van der Waals surface area contributed by atoms with Gasteiger partial charge in [0.05, 0.1) is 4.90 Å². The molecule has 2 aromatic rings. The van der Waals surface area contributed by atoms with Crippen LogP contribution in [0.25, 0.3) is 0 Å². The molecule has 8 heteroatoms. The Hall–Kier alpha value is -1.93. The third kappa shape index (κ3) is 4.62. The molecule has 0 aliphatic carbocycles. The number of nitrogens with one attached hydrogen (secondary N) is 3. The first-order valence-electron chi connectivity index (χ1n) is 8.04. The molecule has 26 heavy (non-hydrogen) atoms. The number of fused-ring (bicyclic) bond motifs is 1. The standard InChI is InChI=1S/C18H21N3O3S.ClH/c1-12-3-6-17(8-18(12)21-13(2)22)25(23,24)20-9-14-4-5-15-10-19-11-16(15)7-14;/h3-8,19-20H,9-11H2,1-2H3,(H,21,22);1H. The number of hydrogen-bond acceptors (Lipinski definition) is 4. The zero-order valence-corrected chi connectivity index (χ0v) is 16.3. The number of rotatable bonds is 5. The van der Waals surface area contributed by atoms with Crippen LogP contribution >= 0.6 is 12.4 Å². The van der Waals surface area contributed by atoms with Gasteiger partial charge in [-0.25, -0.2) is 13.1 Å². The molecule has 0 aromatic heterocycles. The summed E-state index contributed by atoms with van der Waals surface area (Å²) in [4.78, 5) is 11.4. The fraction of sp³-hybridized carbons (Fsp3) is 0.278. The summed E-state index contributed by atoms with van der Waals surface area (Å²) in [5.74, 6) is -0.239. The van der Waals surface area contributed by atoms with Crippen molar-refractivity contribution in [2.75, 3.05) is 5.32 Å². The summed E-state index contributed by atoms with van der Waals surface area (Å²) in [6.45, 7) is 5.10. The van der Waals surface area contributed by atoms with Crippen LogP contribution < -0.4 is 15.4 Å². The Kier molecular flexibility index (Phi) is 6.41. The van der Waals surface area contributed by atoms with Gasteiger partial charge >= 0.3 is 0 Å². The van der Waals surface area contributed by atoms with E-state index in [9.17, 15) is 13.2 Å². The van der Waals surface area contributed by atoms with E-state index in [0.717, 1.165) is 24.2 Å². The van der Waals surface area contributed by atoms with Gasteiger partial charge in [0, 0.05) is 32.2 Å². The van der Waals surface area contributed by atoms with Crippen molar-refractivity contribution < 1.29 is 13.2 Å². The van der Waals surface area contributed by atoms with E-state index >= 15 is 0 Å². The topological polar surface area (TPSA) is 87.3 Å². The van der Waals surface area contributed by atoms with Crippen LogP contribution in [-0.2, 0) is 34.5 Å². The van der Waals surface area contributed by atoms with Crippen molar-refractivity contribution in [2.45, 2.75) is 38.4 Å². The van der Waals surface area contributed by atoms with Crippen LogP contribution in [0.15, 0.2) is 41.3 Å². The maximum Gasteiger partial charge on any atom is 0.240 e. The molecule has 0 saturated carbocycles. The van der Waals surface area contributed by atoms with E-state index in [2.05, 4.69) is 15.4 Å². The zero-order chi connectivity index (χ0) is 18.0. The van der Waals surface area contributed by atoms with Gasteiger partial charge in [-0.05, 0) is 41.3 Å². The molecule has 1 amide bonds. The molecule has 0 atom stereocenters. The van der Waals surface area contributed by atoms with Crippen LogP contribution in [0.4, 0.5) is 5.69 Å². The van der Waals surface area contributed by atoms with Crippen LogP contribution in [0.3, 0.4) is 0 Å². The highest BCUT2D eigenvalue weighted by Crippen LogP contribution is 2.21. The van der Waals surface area contributed by atoms with E-state index in [1.54, 1.807) is 6.07 Å². The van der Waals surface area contributed by atoms with Crippen molar-refractivity contribution >= 4 is 34.0 Å². The minimum atomic E-state index is -3.66. The Labute approximate surface area is 159 Å². The van der Waals surface area contributed by atoms with E-state index in [-0.39, 0.29) is 29.8 Å². The minimum absolute atomic E-state index is 0. The molecule has 140 valence electrons. The highest BCUT2D eigenvalue weighted by atomic mass is 35.5. The summed E-state index contributed by atoms with van der Waals surface area (Å²) in [6.07, 6.45) is 0. The molecule has 6 nitrogen and oxygen atoms in total. The van der Waals surface area contributed by atoms with Crippen molar-refractivity contribution in [2.24, 2.45) is 0 Å². The normalized spacial score (nSPS) is 13.0. The molecule has 0 bridgehead atoms. The predicted octanol–water partition coefficient (Wildman–Crippen LogP) is 2.46. The van der Waals surface area contributed by atoms with Crippen LogP contribution in [-0.4, -0.2) is 14.3 Å². The van der Waals surface area contributed by atoms with Gasteiger partial charge in [-0.2, -0.15) is 0 Å². The molecule has 1 heterocycles. The van der Waals surface area contributed by atoms with E-state index in [0.29, 0.717) is 5.69 Å². The molecule has 0 fully saturated rings. The lowest BCUT2D eigenvalue weighted by molar-refractivity contribution is -0.114. The molecular weight excluding hydrogens is 374 g/mol. The number of benzene rings is 2. The average Bonchev–Trinajstić information content (AvgIpc) is 3.02. The SMILES string of the molecule is CC(=O)Nc1cc(S(=O)(=O)NCc2ccc3c(c2)CNC3)ccc1C.Cl. The molecular formula is C18H22ClN3O3S. The molecule has 1 aliphatic rings. The van der Waals surface area contributed by atoms with Crippen LogP contribution in [0.5, 0.6) is 0 Å². The largest absolute Gasteiger partial charge is 0.326 e. The monoisotopic (exact) mass is 395 g/mol. The van der Waals surface area contributed by atoms with Crippen LogP contribution in [0, 0.1) is 6.92 Å². The summed E-state index contributed by atoms with van der Waals surface area (Å²) in [6, 6.07) is 10.7. The Bertz CT molecular complexity index is 929. The van der Waals surface area contributed by atoms with Gasteiger partial charge in [0.15, 0.2) is 0 Å². The molecule has 0 radical (unpaired) electrons. The second kappa shape index (κ2) is 8.18. The van der Waals surface area contributed by atoms with Crippen LogP contribution in [0.1, 0.15) is 29.2 Å². The first kappa shape index (κ1) is 20.4. The molecule has 0 unspecified atom stereocenters. The Morgan fingerprint density at radius 3 is 2.58 bits per heavy atom. The number of anilines is 1. The average molecular weight is 396 g/mol. The van der Waals surface area contributed by atoms with Crippen molar-refractivity contribution in [1.82, 2.24) is 10.0 Å². The summed E-state index contributed by atoms with van der Waals surface area (Å²) in [5.41, 5.74) is 4.68. The van der Waals surface area contributed by atoms with Gasteiger partial charge in [0.2, 0.25) is 15.9 Å². The fourth-order valence-corrected chi connectivity index (χ4v) is 3.86. The highest BCUT2D eigenvalue weighted by Gasteiger charge is 2.16. The first-order valence-corrected chi connectivity index (χ1v) is 9.53. The van der Waals surface area contributed by atoms with Gasteiger partial charge in [0.1, 0.15) is 0 Å². The number of sulfonamides is 1. The fourth-order valence-electron chi connectivity index (χ4n) is 2.81. The summed E-state index contributed by atoms with van der Waals surface area (Å²) in [7, 11) is -3.66. The molecule has 2 aromatic carbocycles. The number of hydrogen-bond donors (Lipinski definition) is 3. The quantitative estimate of drug-likeness (QED) is 0.725. The van der Waals surface area contributed by atoms with Crippen LogP contribution in [0.2, 0.25) is 0 Å². The summed E-state index contributed by atoms with van der Waals surface area (Å²) in [5, 5.41) is 5.92. The molecule has 3 rings (SSSR count). The third-order valence-electron chi connectivity index (χ3n) is 4.20. The number of amides is 1. The van der Waals surface area contributed by atoms with E-state index in [4.69, 9.17) is 0 Å². The third-order valence-corrected chi connectivity index (χ3v) is 5.60. The van der Waals surface area contributed by atoms with E-state index in [1.165, 1.54) is 30.2 Å². The van der Waals surface area contributed by atoms with Gasteiger partial charge in [-0.3, -0.25) is 4.79 Å². The lowest BCUT2D eigenvalue weighted by Crippen LogP contribution is -2.23. The number of carbonyl (C=O) groups is 1. The number of carbonyl (C=O) groups excluding carboxylic acids is 1. The Morgan fingerprint density at radius 2 is 1.85 bits per heavy atom. The van der Waals surface area contributed by atoms with Gasteiger partial charge < -0.3 is 10.6 Å². The lowest BCUT2D eigenvalue weighted by atomic mass is 10.1. The molecule has 1 aliphatic heterocycles. The van der Waals surface area contributed by atoms with Gasteiger partial charge in [-0.1, -0.05) is 24.3 Å². The van der Waals surface area contributed by atoms with Crippen molar-refractivity contribution in [3.05, 3.63) is 58.7 Å². The highest BCUT2D eigenvalue weighted by molar-refractivity contribution is 7.89. The molecule has 3 N–H and O–H groups in total. The lowest BCUT2D eigenvalue weighted by Gasteiger charge is -2.11. The zero-order valence-electron chi connectivity index (χ0n) is 14.6. The summed E-state index contributed by atoms with van der Waals surface area (Å²) < 4.78 is 27.7. The maximum absolute atomic E-state index is 12.6. The van der Waals surface area contributed by atoms with Crippen molar-refractivity contribution in [3.63, 3.8) is 0 Å². The maximum atomic E-state index is 12.6. The van der Waals surface area contributed by atoms with E-state index < -0.39 is 10.0 Å². The smallest absolute Gasteiger partial charge is 0.240 e. The second-order valence-electron chi connectivity index (χ2n) is 6.19.